The van der Waals surface area contributed by atoms with E-state index in [0.29, 0.717) is 0 Å². The lowest BCUT2D eigenvalue weighted by Crippen LogP contribution is -1.86. The Bertz CT molecular complexity index is 1810. The quantitative estimate of drug-likeness (QED) is 0.160. The minimum absolute atomic E-state index is 1.33. The molecule has 0 aliphatic rings. The van der Waals surface area contributed by atoms with E-state index >= 15 is 0 Å². The summed E-state index contributed by atoms with van der Waals surface area (Å²) in [6.07, 6.45) is 0. The van der Waals surface area contributed by atoms with Gasteiger partial charge in [0.1, 0.15) is 0 Å². The van der Waals surface area contributed by atoms with Crippen molar-refractivity contribution < 1.29 is 0 Å². The van der Waals surface area contributed by atoms with Gasteiger partial charge in [0, 0.05) is 51.5 Å². The van der Waals surface area contributed by atoms with Gasteiger partial charge in [0.05, 0.1) is 19.5 Å². The van der Waals surface area contributed by atoms with Crippen LogP contribution in [-0.2, 0) is 0 Å². The molecule has 0 aliphatic heterocycles. The third-order valence-corrected chi connectivity index (χ3v) is 14.9. The van der Waals surface area contributed by atoms with E-state index in [4.69, 9.17) is 0 Å². The normalized spacial score (nSPS) is 11.5. The van der Waals surface area contributed by atoms with Gasteiger partial charge in [-0.15, -0.1) is 90.7 Å². The fraction of sp³-hybridized carbons (Fsp3) is 0. The van der Waals surface area contributed by atoms with E-state index < -0.39 is 0 Å². The molecule has 0 atom stereocenters. The van der Waals surface area contributed by atoms with E-state index in [-0.39, 0.29) is 0 Å². The molecule has 0 radical (unpaired) electrons. The molecule has 40 heavy (non-hydrogen) atoms. The van der Waals surface area contributed by atoms with Gasteiger partial charge in [0.15, 0.2) is 0 Å². The molecule has 8 aromatic rings. The summed E-state index contributed by atoms with van der Waals surface area (Å²) in [5.74, 6) is 0. The molecule has 0 bridgehead atoms. The average molecular weight is 659 g/mol. The van der Waals surface area contributed by atoms with Gasteiger partial charge < -0.3 is 0 Å². The van der Waals surface area contributed by atoms with Crippen LogP contribution in [0.25, 0.3) is 71.0 Å². The monoisotopic (exact) mass is 658 g/mol. The van der Waals surface area contributed by atoms with Crippen molar-refractivity contribution in [3.8, 4) is 71.0 Å². The highest BCUT2D eigenvalue weighted by molar-refractivity contribution is 7.29. The third-order valence-electron chi connectivity index (χ3n) is 6.58. The Hall–Kier alpha value is -2.40. The Balaban J connectivity index is 1.57. The van der Waals surface area contributed by atoms with E-state index in [0.717, 1.165) is 0 Å². The van der Waals surface area contributed by atoms with Crippen LogP contribution in [0.2, 0.25) is 0 Å². The Morgan fingerprint density at radius 3 is 0.775 bits per heavy atom. The van der Waals surface area contributed by atoms with E-state index in [9.17, 15) is 0 Å². The van der Waals surface area contributed by atoms with Gasteiger partial charge >= 0.3 is 0 Å². The maximum absolute atomic E-state index is 2.30. The van der Waals surface area contributed by atoms with Crippen LogP contribution in [0.5, 0.6) is 0 Å². The van der Waals surface area contributed by atoms with E-state index in [1.807, 2.05) is 90.7 Å². The summed E-state index contributed by atoms with van der Waals surface area (Å²) < 4.78 is 0. The number of thiophene rings is 8. The molecule has 0 spiro atoms. The maximum atomic E-state index is 2.30. The van der Waals surface area contributed by atoms with Crippen LogP contribution in [0.3, 0.4) is 0 Å². The van der Waals surface area contributed by atoms with Crippen molar-refractivity contribution in [1.82, 2.24) is 0 Å². The van der Waals surface area contributed by atoms with Gasteiger partial charge in [-0.3, -0.25) is 0 Å². The van der Waals surface area contributed by atoms with Crippen LogP contribution < -0.4 is 0 Å². The molecule has 0 unspecified atom stereocenters. The van der Waals surface area contributed by atoms with Crippen molar-refractivity contribution in [2.45, 2.75) is 0 Å². The Labute approximate surface area is 264 Å². The Kier molecular flexibility index (Phi) is 6.82. The molecule has 0 saturated heterocycles. The SMILES string of the molecule is c1csc(-c2sc(-c3cccs3)c(-c3c(-c4cccs4)sc(-c4cccs4)c3-c3cccs3)c2-c2cccs2)c1. The summed E-state index contributed by atoms with van der Waals surface area (Å²) in [5.41, 5.74) is 5.50. The molecule has 194 valence electrons. The van der Waals surface area contributed by atoms with Crippen molar-refractivity contribution in [3.05, 3.63) is 105 Å². The molecule has 0 nitrogen and oxygen atoms in total. The fourth-order valence-electron chi connectivity index (χ4n) is 4.98. The topological polar surface area (TPSA) is 0 Å². The van der Waals surface area contributed by atoms with Crippen LogP contribution >= 0.6 is 90.7 Å². The fourth-order valence-corrected chi connectivity index (χ4v) is 12.8. The molecular formula is C32H18S8. The summed E-state index contributed by atoms with van der Waals surface area (Å²) in [7, 11) is 0. The van der Waals surface area contributed by atoms with Gasteiger partial charge in [0.2, 0.25) is 0 Å². The second-order valence-corrected chi connectivity index (χ2v) is 16.6. The molecule has 8 heterocycles. The van der Waals surface area contributed by atoms with E-state index in [1.54, 1.807) is 0 Å². The zero-order chi connectivity index (χ0) is 26.5. The largest absolute Gasteiger partial charge is 0.144 e. The van der Waals surface area contributed by atoms with Crippen molar-refractivity contribution in [3.63, 3.8) is 0 Å². The summed E-state index contributed by atoms with van der Waals surface area (Å²) in [6.45, 7) is 0. The Morgan fingerprint density at radius 1 is 0.275 bits per heavy atom. The molecule has 0 aliphatic carbocycles. The molecule has 0 N–H and O–H groups in total. The van der Waals surface area contributed by atoms with Crippen molar-refractivity contribution in [2.75, 3.05) is 0 Å². The predicted octanol–water partition coefficient (Wildman–Crippen LogP) is 13.8. The molecule has 0 amide bonds. The second-order valence-electron chi connectivity index (χ2n) is 8.88. The molecule has 8 rings (SSSR count). The van der Waals surface area contributed by atoms with Crippen molar-refractivity contribution in [1.29, 1.82) is 0 Å². The first-order chi connectivity index (χ1) is 19.9. The van der Waals surface area contributed by atoms with E-state index in [1.165, 1.54) is 71.0 Å². The van der Waals surface area contributed by atoms with Crippen LogP contribution in [-0.4, -0.2) is 0 Å². The third kappa shape index (κ3) is 4.30. The van der Waals surface area contributed by atoms with Gasteiger partial charge in [0.25, 0.3) is 0 Å². The second kappa shape index (κ2) is 10.8. The molecular weight excluding hydrogens is 641 g/mol. The first-order valence-electron chi connectivity index (χ1n) is 12.4. The zero-order valence-electron chi connectivity index (χ0n) is 20.7. The standard InChI is InChI=1S/C32H18S8/c1-7-19(33-13-1)25-27(31(23-11-5-17-37-23)39-29(25)21-9-3-15-35-21)28-26(20-8-2-14-34-20)30(22-10-4-16-36-22)40-32(28)24-12-6-18-38-24/h1-18H. The van der Waals surface area contributed by atoms with E-state index in [2.05, 4.69) is 105 Å². The van der Waals surface area contributed by atoms with Crippen LogP contribution in [0.15, 0.2) is 105 Å². The molecule has 0 fully saturated rings. The zero-order valence-corrected chi connectivity index (χ0v) is 27.2. The lowest BCUT2D eigenvalue weighted by Gasteiger charge is -2.12. The van der Waals surface area contributed by atoms with Gasteiger partial charge in [-0.2, -0.15) is 0 Å². The highest BCUT2D eigenvalue weighted by Crippen LogP contribution is 2.61. The first-order valence-corrected chi connectivity index (χ1v) is 19.3. The summed E-state index contributed by atoms with van der Waals surface area (Å²) in [6, 6.07) is 26.8. The predicted molar refractivity (Wildman–Crippen MR) is 188 cm³/mol. The van der Waals surface area contributed by atoms with Gasteiger partial charge in [-0.25, -0.2) is 0 Å². The highest BCUT2D eigenvalue weighted by Gasteiger charge is 2.32. The smallest absolute Gasteiger partial charge is 0.0542 e. The number of hydrogen-bond donors (Lipinski definition) is 0. The number of rotatable bonds is 7. The summed E-state index contributed by atoms with van der Waals surface area (Å²) in [4.78, 5) is 13.5. The van der Waals surface area contributed by atoms with Crippen LogP contribution in [0.1, 0.15) is 0 Å². The van der Waals surface area contributed by atoms with Crippen LogP contribution in [0.4, 0.5) is 0 Å². The molecule has 0 aromatic carbocycles. The molecule has 8 heteroatoms. The van der Waals surface area contributed by atoms with Crippen LogP contribution in [0, 0.1) is 0 Å². The van der Waals surface area contributed by atoms with Gasteiger partial charge in [-0.05, 0) is 68.7 Å². The van der Waals surface area contributed by atoms with Crippen molar-refractivity contribution >= 4 is 90.7 Å². The highest BCUT2D eigenvalue weighted by atomic mass is 32.1. The number of hydrogen-bond acceptors (Lipinski definition) is 8. The summed E-state index contributed by atoms with van der Waals surface area (Å²) in [5, 5.41) is 13.2. The molecule has 0 saturated carbocycles. The molecule has 8 aromatic heterocycles. The first kappa shape index (κ1) is 25.3. The Morgan fingerprint density at radius 2 is 0.525 bits per heavy atom. The lowest BCUT2D eigenvalue weighted by molar-refractivity contribution is 1.76. The van der Waals surface area contributed by atoms with Crippen molar-refractivity contribution in [2.24, 2.45) is 0 Å². The average Bonchev–Trinajstić information content (AvgIpc) is 3.85. The minimum Gasteiger partial charge on any atom is -0.144 e. The lowest BCUT2D eigenvalue weighted by atomic mass is 9.92. The van der Waals surface area contributed by atoms with Gasteiger partial charge in [-0.1, -0.05) is 36.4 Å². The minimum atomic E-state index is 1.33. The maximum Gasteiger partial charge on any atom is 0.0542 e. The summed E-state index contributed by atoms with van der Waals surface area (Å²) >= 11 is 14.9.